The van der Waals surface area contributed by atoms with E-state index in [4.69, 9.17) is 4.74 Å². The van der Waals surface area contributed by atoms with Crippen molar-refractivity contribution in [2.45, 2.75) is 45.1 Å². The lowest BCUT2D eigenvalue weighted by molar-refractivity contribution is -0.136. The van der Waals surface area contributed by atoms with Gasteiger partial charge in [-0.3, -0.25) is 4.79 Å². The van der Waals surface area contributed by atoms with Gasteiger partial charge in [-0.2, -0.15) is 0 Å². The molecule has 1 amide bonds. The normalized spacial score (nSPS) is 27.8. The van der Waals surface area contributed by atoms with Crippen molar-refractivity contribution in [2.24, 2.45) is 11.8 Å². The lowest BCUT2D eigenvalue weighted by atomic mass is 9.81. The van der Waals surface area contributed by atoms with Crippen molar-refractivity contribution in [3.05, 3.63) is 29.8 Å². The first-order chi connectivity index (χ1) is 11.7. The number of carbonyl (C=O) groups is 1. The number of methoxy groups -OCH3 is 1. The van der Waals surface area contributed by atoms with Gasteiger partial charge in [0.1, 0.15) is 5.75 Å². The highest BCUT2D eigenvalue weighted by molar-refractivity contribution is 5.77. The quantitative estimate of drug-likeness (QED) is 0.920. The Morgan fingerprint density at radius 1 is 1.25 bits per heavy atom. The molecule has 0 aromatic heterocycles. The lowest BCUT2D eigenvalue weighted by Crippen LogP contribution is -2.49. The number of nitrogens with one attached hydrogen (secondary N) is 1. The number of carbonyl (C=O) groups excluding carboxylic acids is 1. The summed E-state index contributed by atoms with van der Waals surface area (Å²) in [7, 11) is 1.70. The third-order valence-electron chi connectivity index (χ3n) is 5.66. The monoisotopic (exact) mass is 330 g/mol. The number of hydrogen-bond acceptors (Lipinski definition) is 3. The topological polar surface area (TPSA) is 41.6 Å². The Kier molecular flexibility index (Phi) is 5.77. The summed E-state index contributed by atoms with van der Waals surface area (Å²) in [6, 6.07) is 8.14. The van der Waals surface area contributed by atoms with Crippen LogP contribution in [0.3, 0.4) is 0 Å². The molecular formula is C20H30N2O2. The standard InChI is InChI=1S/C20H30N2O2/c1-15-7-9-16(10-8-15)13-20(23)22-12-11-21-14-18(22)17-5-3-4-6-19(17)24-2/h3-6,15-16,18,21H,7-14H2,1-2H3. The number of hydrogen-bond donors (Lipinski definition) is 1. The highest BCUT2D eigenvalue weighted by Crippen LogP contribution is 2.34. The van der Waals surface area contributed by atoms with Gasteiger partial charge in [-0.25, -0.2) is 0 Å². The molecule has 1 aromatic rings. The molecule has 1 saturated heterocycles. The van der Waals surface area contributed by atoms with E-state index in [-0.39, 0.29) is 6.04 Å². The van der Waals surface area contributed by atoms with Crippen LogP contribution in [0.25, 0.3) is 0 Å². The molecule has 1 aromatic carbocycles. The van der Waals surface area contributed by atoms with E-state index in [1.165, 1.54) is 25.7 Å². The van der Waals surface area contributed by atoms with Crippen molar-refractivity contribution in [1.29, 1.82) is 0 Å². The van der Waals surface area contributed by atoms with E-state index >= 15 is 0 Å². The first-order valence-corrected chi connectivity index (χ1v) is 9.32. The summed E-state index contributed by atoms with van der Waals surface area (Å²) in [5.41, 5.74) is 1.11. The minimum absolute atomic E-state index is 0.0740. The van der Waals surface area contributed by atoms with Crippen LogP contribution >= 0.6 is 0 Å². The van der Waals surface area contributed by atoms with E-state index in [0.717, 1.165) is 36.9 Å². The van der Waals surface area contributed by atoms with E-state index in [1.54, 1.807) is 7.11 Å². The summed E-state index contributed by atoms with van der Waals surface area (Å²) in [5, 5.41) is 3.43. The Balaban J connectivity index is 1.71. The molecule has 4 heteroatoms. The molecule has 0 bridgehead atoms. The summed E-state index contributed by atoms with van der Waals surface area (Å²) >= 11 is 0. The molecule has 1 aliphatic carbocycles. The first-order valence-electron chi connectivity index (χ1n) is 9.32. The van der Waals surface area contributed by atoms with Crippen molar-refractivity contribution < 1.29 is 9.53 Å². The van der Waals surface area contributed by atoms with Gasteiger partial charge in [-0.15, -0.1) is 0 Å². The summed E-state index contributed by atoms with van der Waals surface area (Å²) in [5.74, 6) is 2.58. The Labute approximate surface area is 145 Å². The van der Waals surface area contributed by atoms with E-state index in [1.807, 2.05) is 18.2 Å². The van der Waals surface area contributed by atoms with E-state index < -0.39 is 0 Å². The SMILES string of the molecule is COc1ccccc1C1CNCCN1C(=O)CC1CCC(C)CC1. The Morgan fingerprint density at radius 3 is 2.75 bits per heavy atom. The number of nitrogens with zero attached hydrogens (tertiary/aromatic N) is 1. The lowest BCUT2D eigenvalue weighted by Gasteiger charge is -2.38. The molecule has 0 radical (unpaired) electrons. The molecule has 1 N–H and O–H groups in total. The summed E-state index contributed by atoms with van der Waals surface area (Å²) < 4.78 is 5.52. The highest BCUT2D eigenvalue weighted by Gasteiger charge is 2.31. The predicted molar refractivity (Wildman–Crippen MR) is 96.1 cm³/mol. The number of piperazine rings is 1. The molecular weight excluding hydrogens is 300 g/mol. The Morgan fingerprint density at radius 2 is 2.00 bits per heavy atom. The van der Waals surface area contributed by atoms with Crippen LogP contribution in [0, 0.1) is 11.8 Å². The highest BCUT2D eigenvalue weighted by atomic mass is 16.5. The minimum atomic E-state index is 0.0740. The molecule has 0 spiro atoms. The van der Waals surface area contributed by atoms with Crippen molar-refractivity contribution in [3.8, 4) is 5.75 Å². The number of para-hydroxylation sites is 1. The Hall–Kier alpha value is -1.55. The summed E-state index contributed by atoms with van der Waals surface area (Å²) in [4.78, 5) is 15.1. The number of ether oxygens (including phenoxy) is 1. The molecule has 3 rings (SSSR count). The molecule has 1 unspecified atom stereocenters. The zero-order chi connectivity index (χ0) is 16.9. The number of amides is 1. The molecule has 2 fully saturated rings. The molecule has 24 heavy (non-hydrogen) atoms. The van der Waals surface area contributed by atoms with Gasteiger partial charge in [0.25, 0.3) is 0 Å². The minimum Gasteiger partial charge on any atom is -0.496 e. The van der Waals surface area contributed by atoms with Crippen molar-refractivity contribution in [1.82, 2.24) is 10.2 Å². The fraction of sp³-hybridized carbons (Fsp3) is 0.650. The average Bonchev–Trinajstić information content (AvgIpc) is 2.63. The third kappa shape index (κ3) is 3.92. The summed E-state index contributed by atoms with van der Waals surface area (Å²) in [6.45, 7) is 4.78. The molecule has 1 heterocycles. The molecule has 2 aliphatic rings. The fourth-order valence-corrected chi connectivity index (χ4v) is 4.12. The van der Waals surface area contributed by atoms with Gasteiger partial charge in [0.2, 0.25) is 5.91 Å². The van der Waals surface area contributed by atoms with Crippen LogP contribution in [-0.4, -0.2) is 37.6 Å². The van der Waals surface area contributed by atoms with Gasteiger partial charge >= 0.3 is 0 Å². The molecule has 1 atom stereocenters. The van der Waals surface area contributed by atoms with Crippen LogP contribution < -0.4 is 10.1 Å². The smallest absolute Gasteiger partial charge is 0.223 e. The fourth-order valence-electron chi connectivity index (χ4n) is 4.12. The Bertz CT molecular complexity index is 552. The van der Waals surface area contributed by atoms with Crippen LogP contribution in [0.1, 0.15) is 50.6 Å². The summed E-state index contributed by atoms with van der Waals surface area (Å²) in [6.07, 6.45) is 5.67. The van der Waals surface area contributed by atoms with Gasteiger partial charge in [-0.1, -0.05) is 38.0 Å². The second kappa shape index (κ2) is 8.02. The van der Waals surface area contributed by atoms with Crippen molar-refractivity contribution >= 4 is 5.91 Å². The first kappa shape index (κ1) is 17.3. The zero-order valence-electron chi connectivity index (χ0n) is 15.0. The van der Waals surface area contributed by atoms with Gasteiger partial charge in [0, 0.05) is 31.6 Å². The van der Waals surface area contributed by atoms with Gasteiger partial charge in [0.15, 0.2) is 0 Å². The second-order valence-corrected chi connectivity index (χ2v) is 7.38. The van der Waals surface area contributed by atoms with Crippen molar-refractivity contribution in [2.75, 3.05) is 26.7 Å². The molecule has 4 nitrogen and oxygen atoms in total. The van der Waals surface area contributed by atoms with Crippen LogP contribution in [0.5, 0.6) is 5.75 Å². The van der Waals surface area contributed by atoms with E-state index in [2.05, 4.69) is 23.2 Å². The zero-order valence-corrected chi connectivity index (χ0v) is 15.0. The molecule has 1 saturated carbocycles. The number of benzene rings is 1. The van der Waals surface area contributed by atoms with Crippen LogP contribution in [0.2, 0.25) is 0 Å². The molecule has 1 aliphatic heterocycles. The third-order valence-corrected chi connectivity index (χ3v) is 5.66. The van der Waals surface area contributed by atoms with E-state index in [0.29, 0.717) is 18.2 Å². The maximum atomic E-state index is 13.0. The van der Waals surface area contributed by atoms with Crippen LogP contribution in [-0.2, 0) is 4.79 Å². The largest absolute Gasteiger partial charge is 0.496 e. The van der Waals surface area contributed by atoms with Crippen molar-refractivity contribution in [3.63, 3.8) is 0 Å². The van der Waals surface area contributed by atoms with E-state index in [9.17, 15) is 4.79 Å². The average molecular weight is 330 g/mol. The number of rotatable bonds is 4. The predicted octanol–water partition coefficient (Wildman–Crippen LogP) is 3.38. The maximum Gasteiger partial charge on any atom is 0.223 e. The van der Waals surface area contributed by atoms with Gasteiger partial charge in [0.05, 0.1) is 13.2 Å². The van der Waals surface area contributed by atoms with Gasteiger partial charge < -0.3 is 15.0 Å². The van der Waals surface area contributed by atoms with Gasteiger partial charge in [-0.05, 0) is 30.7 Å². The molecule has 132 valence electrons. The van der Waals surface area contributed by atoms with Crippen LogP contribution in [0.15, 0.2) is 24.3 Å². The second-order valence-electron chi connectivity index (χ2n) is 7.38. The van der Waals surface area contributed by atoms with Crippen LogP contribution in [0.4, 0.5) is 0 Å². The maximum absolute atomic E-state index is 13.0.